The van der Waals surface area contributed by atoms with E-state index in [1.807, 2.05) is 0 Å². The van der Waals surface area contributed by atoms with E-state index in [1.54, 1.807) is 0 Å². The first-order valence-electron chi connectivity index (χ1n) is 19.7. The standard InChI is InChI=1S/C54H34N2O2/c1-3-19-37(20-4-1)55(47-27-13-17-35-15-7-9-23-41(35)47)39-29-31-45-49(33-39)57-53-51(45)43-25-11-12-26-44(43)52-46-32-30-40(34-50(46)58-54(52)53)56(38-21-5-2-6-22-38)48-28-14-18-36-16-8-10-24-42(36)48/h1-34H. The van der Waals surface area contributed by atoms with Crippen molar-refractivity contribution in [1.29, 1.82) is 0 Å². The number of fused-ring (bicyclic) bond motifs is 12. The number of benzene rings is 10. The second-order valence-corrected chi connectivity index (χ2v) is 14.9. The molecule has 12 rings (SSSR count). The lowest BCUT2D eigenvalue weighted by Crippen LogP contribution is -2.10. The maximum absolute atomic E-state index is 6.99. The Morgan fingerprint density at radius 1 is 0.276 bits per heavy atom. The Bertz CT molecular complexity index is 3280. The van der Waals surface area contributed by atoms with Crippen LogP contribution in [0.3, 0.4) is 0 Å². The molecule has 4 heteroatoms. The summed E-state index contributed by atoms with van der Waals surface area (Å²) in [5.41, 5.74) is 9.50. The molecule has 0 aliphatic rings. The minimum atomic E-state index is 0.754. The quantitative estimate of drug-likeness (QED) is 0.170. The molecule has 0 saturated carbocycles. The van der Waals surface area contributed by atoms with Crippen molar-refractivity contribution in [3.8, 4) is 0 Å². The Kier molecular flexibility index (Phi) is 7.20. The van der Waals surface area contributed by atoms with Crippen LogP contribution in [0.25, 0.3) is 76.2 Å². The van der Waals surface area contributed by atoms with E-state index >= 15 is 0 Å². The summed E-state index contributed by atoms with van der Waals surface area (Å²) in [4.78, 5) is 4.64. The van der Waals surface area contributed by atoms with Gasteiger partial charge in [-0.2, -0.15) is 0 Å². The van der Waals surface area contributed by atoms with Gasteiger partial charge in [0.15, 0.2) is 11.2 Å². The molecule has 10 aromatic carbocycles. The van der Waals surface area contributed by atoms with E-state index in [0.29, 0.717) is 0 Å². The molecular weight excluding hydrogens is 709 g/mol. The third-order valence-electron chi connectivity index (χ3n) is 11.6. The van der Waals surface area contributed by atoms with Gasteiger partial charge in [-0.25, -0.2) is 0 Å². The first-order chi connectivity index (χ1) is 28.8. The highest BCUT2D eigenvalue weighted by Gasteiger charge is 2.24. The Morgan fingerprint density at radius 3 is 1.10 bits per heavy atom. The van der Waals surface area contributed by atoms with E-state index < -0.39 is 0 Å². The number of hydrogen-bond donors (Lipinski definition) is 0. The van der Waals surface area contributed by atoms with Gasteiger partial charge in [0.05, 0.1) is 11.4 Å². The van der Waals surface area contributed by atoms with Crippen LogP contribution in [0.1, 0.15) is 0 Å². The van der Waals surface area contributed by atoms with Gasteiger partial charge in [0, 0.05) is 67.2 Å². The van der Waals surface area contributed by atoms with Crippen LogP contribution in [0.5, 0.6) is 0 Å². The number of nitrogens with zero attached hydrogens (tertiary/aromatic N) is 2. The molecule has 0 unspecified atom stereocenters. The van der Waals surface area contributed by atoms with E-state index in [4.69, 9.17) is 8.83 Å². The van der Waals surface area contributed by atoms with Crippen molar-refractivity contribution >= 4 is 110 Å². The van der Waals surface area contributed by atoms with Gasteiger partial charge in [-0.05, 0) is 82.2 Å². The molecule has 12 aromatic rings. The van der Waals surface area contributed by atoms with Crippen LogP contribution in [-0.4, -0.2) is 0 Å². The average molecular weight is 743 g/mol. The molecule has 0 aliphatic heterocycles. The van der Waals surface area contributed by atoms with Gasteiger partial charge < -0.3 is 18.6 Å². The molecule has 2 aromatic heterocycles. The minimum Gasteiger partial charge on any atom is -0.452 e. The van der Waals surface area contributed by atoms with Crippen molar-refractivity contribution in [2.45, 2.75) is 0 Å². The van der Waals surface area contributed by atoms with Crippen molar-refractivity contribution in [3.63, 3.8) is 0 Å². The summed E-state index contributed by atoms with van der Waals surface area (Å²) < 4.78 is 14.0. The topological polar surface area (TPSA) is 32.8 Å². The molecule has 0 aliphatic carbocycles. The average Bonchev–Trinajstić information content (AvgIpc) is 3.87. The maximum atomic E-state index is 6.99. The monoisotopic (exact) mass is 742 g/mol. The van der Waals surface area contributed by atoms with Crippen LogP contribution < -0.4 is 9.80 Å². The molecule has 4 nitrogen and oxygen atoms in total. The van der Waals surface area contributed by atoms with Gasteiger partial charge in [0.2, 0.25) is 0 Å². The van der Waals surface area contributed by atoms with Crippen molar-refractivity contribution in [3.05, 3.63) is 206 Å². The first kappa shape index (κ1) is 32.4. The number of rotatable bonds is 6. The fraction of sp³-hybridized carbons (Fsp3) is 0. The molecule has 0 atom stereocenters. The highest BCUT2D eigenvalue weighted by atomic mass is 16.4. The van der Waals surface area contributed by atoms with Crippen LogP contribution >= 0.6 is 0 Å². The number of anilines is 6. The predicted molar refractivity (Wildman–Crippen MR) is 243 cm³/mol. The van der Waals surface area contributed by atoms with Crippen molar-refractivity contribution < 1.29 is 8.83 Å². The number of hydrogen-bond acceptors (Lipinski definition) is 4. The van der Waals surface area contributed by atoms with Crippen LogP contribution in [-0.2, 0) is 0 Å². The summed E-state index contributed by atoms with van der Waals surface area (Å²) in [6.07, 6.45) is 0. The van der Waals surface area contributed by atoms with Crippen LogP contribution in [0.4, 0.5) is 34.1 Å². The van der Waals surface area contributed by atoms with Crippen LogP contribution in [0.15, 0.2) is 215 Å². The van der Waals surface area contributed by atoms with Crippen LogP contribution in [0.2, 0.25) is 0 Å². The van der Waals surface area contributed by atoms with Gasteiger partial charge in [0.1, 0.15) is 11.2 Å². The third-order valence-corrected chi connectivity index (χ3v) is 11.6. The summed E-state index contributed by atoms with van der Waals surface area (Å²) in [6, 6.07) is 73.0. The normalized spacial score (nSPS) is 11.8. The molecule has 0 N–H and O–H groups in total. The summed E-state index contributed by atoms with van der Waals surface area (Å²) in [5.74, 6) is 0. The zero-order valence-electron chi connectivity index (χ0n) is 31.3. The van der Waals surface area contributed by atoms with Crippen LogP contribution in [0, 0.1) is 0 Å². The lowest BCUT2D eigenvalue weighted by Gasteiger charge is -2.26. The Balaban J connectivity index is 1.08. The molecule has 2 heterocycles. The van der Waals surface area contributed by atoms with E-state index in [2.05, 4.69) is 216 Å². The van der Waals surface area contributed by atoms with Crippen molar-refractivity contribution in [1.82, 2.24) is 0 Å². The maximum Gasteiger partial charge on any atom is 0.179 e. The zero-order chi connectivity index (χ0) is 38.2. The van der Waals surface area contributed by atoms with Gasteiger partial charge in [-0.1, -0.05) is 133 Å². The second kappa shape index (κ2) is 12.9. The van der Waals surface area contributed by atoms with Crippen molar-refractivity contribution in [2.75, 3.05) is 9.80 Å². The lowest BCUT2D eigenvalue weighted by atomic mass is 9.98. The number of furan rings is 2. The van der Waals surface area contributed by atoms with Gasteiger partial charge in [-0.3, -0.25) is 0 Å². The highest BCUT2D eigenvalue weighted by molar-refractivity contribution is 6.33. The molecule has 0 spiro atoms. The lowest BCUT2D eigenvalue weighted by molar-refractivity contribution is 0.633. The zero-order valence-corrected chi connectivity index (χ0v) is 31.3. The molecule has 0 bridgehead atoms. The molecule has 0 amide bonds. The second-order valence-electron chi connectivity index (χ2n) is 14.9. The molecule has 272 valence electrons. The Hall–Kier alpha value is -7.82. The molecule has 0 saturated heterocycles. The molecule has 0 fully saturated rings. The Labute approximate surface area is 334 Å². The van der Waals surface area contributed by atoms with Gasteiger partial charge in [0.25, 0.3) is 0 Å². The number of para-hydroxylation sites is 2. The highest BCUT2D eigenvalue weighted by Crippen LogP contribution is 2.48. The van der Waals surface area contributed by atoms with Gasteiger partial charge >= 0.3 is 0 Å². The summed E-state index contributed by atoms with van der Waals surface area (Å²) in [6.45, 7) is 0. The predicted octanol–water partition coefficient (Wildman–Crippen LogP) is 15.9. The first-order valence-corrected chi connectivity index (χ1v) is 19.7. The molecular formula is C54H34N2O2. The summed E-state index contributed by atoms with van der Waals surface area (Å²) in [5, 5.41) is 11.2. The van der Waals surface area contributed by atoms with E-state index in [-0.39, 0.29) is 0 Å². The smallest absolute Gasteiger partial charge is 0.179 e. The van der Waals surface area contributed by atoms with E-state index in [0.717, 1.165) is 88.8 Å². The van der Waals surface area contributed by atoms with E-state index in [9.17, 15) is 0 Å². The fourth-order valence-corrected chi connectivity index (χ4v) is 9.04. The summed E-state index contributed by atoms with van der Waals surface area (Å²) >= 11 is 0. The van der Waals surface area contributed by atoms with Gasteiger partial charge in [-0.15, -0.1) is 0 Å². The third kappa shape index (κ3) is 4.95. The Morgan fingerprint density at radius 2 is 0.655 bits per heavy atom. The largest absolute Gasteiger partial charge is 0.452 e. The molecule has 58 heavy (non-hydrogen) atoms. The van der Waals surface area contributed by atoms with E-state index in [1.165, 1.54) is 21.5 Å². The minimum absolute atomic E-state index is 0.754. The SMILES string of the molecule is c1ccc(N(c2ccc3c(c2)oc2c4oc5cc(N(c6ccccc6)c6cccc7ccccc67)ccc5c4c4ccccc4c32)c2cccc3ccccc23)cc1. The molecule has 0 radical (unpaired) electrons. The summed E-state index contributed by atoms with van der Waals surface area (Å²) in [7, 11) is 0. The van der Waals surface area contributed by atoms with Crippen molar-refractivity contribution in [2.24, 2.45) is 0 Å². The fourth-order valence-electron chi connectivity index (χ4n) is 9.04.